The third kappa shape index (κ3) is 4.36. The lowest BCUT2D eigenvalue weighted by atomic mass is 9.97. The van der Waals surface area contributed by atoms with E-state index in [0.29, 0.717) is 12.1 Å². The summed E-state index contributed by atoms with van der Waals surface area (Å²) in [5, 5.41) is 0. The van der Waals surface area contributed by atoms with Crippen LogP contribution in [-0.4, -0.2) is 17.5 Å². The van der Waals surface area contributed by atoms with Crippen molar-refractivity contribution in [3.63, 3.8) is 0 Å². The van der Waals surface area contributed by atoms with Gasteiger partial charge in [0.25, 0.3) is 0 Å². The van der Waals surface area contributed by atoms with E-state index in [2.05, 4.69) is 6.54 Å². The number of benzene rings is 1. The molecule has 1 rings (SSSR count). The molecule has 0 N–H and O–H groups in total. The van der Waals surface area contributed by atoms with Gasteiger partial charge >= 0.3 is 12.4 Å². The van der Waals surface area contributed by atoms with Gasteiger partial charge in [-0.3, -0.25) is 4.90 Å². The summed E-state index contributed by atoms with van der Waals surface area (Å²) in [7, 11) is 1.38. The van der Waals surface area contributed by atoms with Crippen LogP contribution < -0.4 is 0 Å². The fraction of sp³-hybridized carbons (Fsp3) is 0.500. The van der Waals surface area contributed by atoms with E-state index in [9.17, 15) is 26.3 Å². The Bertz CT molecular complexity index is 463. The Kier molecular flexibility index (Phi) is 4.68. The van der Waals surface area contributed by atoms with Crippen molar-refractivity contribution in [2.75, 3.05) is 7.05 Å². The molecule has 0 unspecified atom stereocenters. The van der Waals surface area contributed by atoms with E-state index in [1.165, 1.54) is 11.9 Å². The number of nitrogens with zero attached hydrogens (tertiary/aromatic N) is 1. The molecule has 0 amide bonds. The van der Waals surface area contributed by atoms with Crippen LogP contribution in [0.4, 0.5) is 26.3 Å². The fourth-order valence-corrected chi connectivity index (χ4v) is 1.48. The van der Waals surface area contributed by atoms with Crippen molar-refractivity contribution in [2.45, 2.75) is 38.7 Å². The minimum Gasteiger partial charge on any atom is -0.288 e. The van der Waals surface area contributed by atoms with Crippen molar-refractivity contribution in [3.05, 3.63) is 41.4 Å². The summed E-state index contributed by atoms with van der Waals surface area (Å²) in [5.41, 5.74) is -4.36. The van der Waals surface area contributed by atoms with Gasteiger partial charge in [0.2, 0.25) is 0 Å². The van der Waals surface area contributed by atoms with Crippen LogP contribution in [-0.2, 0) is 12.4 Å². The van der Waals surface area contributed by atoms with Gasteiger partial charge in [0.1, 0.15) is 0 Å². The molecule has 0 spiro atoms. The molecule has 0 saturated heterocycles. The second kappa shape index (κ2) is 5.51. The third-order valence-corrected chi connectivity index (χ3v) is 2.96. The summed E-state index contributed by atoms with van der Waals surface area (Å²) in [5.74, 6) is 0. The first-order valence-corrected chi connectivity index (χ1v) is 6.02. The molecule has 0 aliphatic rings. The maximum atomic E-state index is 12.9. The average Bonchev–Trinajstić information content (AvgIpc) is 2.24. The molecule has 0 aliphatic carbocycles. The lowest BCUT2D eigenvalue weighted by Crippen LogP contribution is -2.37. The Hall–Kier alpha value is -1.24. The van der Waals surface area contributed by atoms with Crippen LogP contribution >= 0.6 is 0 Å². The Morgan fingerprint density at radius 2 is 1.24 bits per heavy atom. The molecule has 0 aromatic heterocycles. The van der Waals surface area contributed by atoms with Crippen molar-refractivity contribution < 1.29 is 26.3 Å². The number of rotatable bonds is 2. The third-order valence-electron chi connectivity index (χ3n) is 2.96. The van der Waals surface area contributed by atoms with Crippen LogP contribution in [0.5, 0.6) is 0 Å². The highest BCUT2D eigenvalue weighted by Crippen LogP contribution is 2.40. The van der Waals surface area contributed by atoms with E-state index >= 15 is 0 Å². The molecule has 1 aromatic rings. The molecule has 1 nitrogen and oxygen atoms in total. The monoisotopic (exact) mass is 311 g/mol. The van der Waals surface area contributed by atoms with E-state index in [4.69, 9.17) is 0 Å². The van der Waals surface area contributed by atoms with Gasteiger partial charge in [-0.2, -0.15) is 26.3 Å². The SMILES string of the molecule is CN([C]c1c(C(F)(F)F)cccc1C(F)(F)F)C(C)(C)C. The van der Waals surface area contributed by atoms with E-state index in [-0.39, 0.29) is 0 Å². The molecule has 0 atom stereocenters. The van der Waals surface area contributed by atoms with Gasteiger partial charge in [0.05, 0.1) is 17.7 Å². The van der Waals surface area contributed by atoms with Crippen LogP contribution in [0.1, 0.15) is 37.5 Å². The molecule has 0 bridgehead atoms. The van der Waals surface area contributed by atoms with Crippen LogP contribution in [0.25, 0.3) is 0 Å². The molecule has 2 radical (unpaired) electrons. The highest BCUT2D eigenvalue weighted by molar-refractivity contribution is 5.43. The van der Waals surface area contributed by atoms with Gasteiger partial charge in [0.15, 0.2) is 0 Å². The average molecular weight is 311 g/mol. The van der Waals surface area contributed by atoms with Gasteiger partial charge in [-0.1, -0.05) is 6.07 Å². The van der Waals surface area contributed by atoms with E-state index in [1.807, 2.05) is 0 Å². The molecule has 0 fully saturated rings. The molecule has 0 heterocycles. The van der Waals surface area contributed by atoms with Crippen LogP contribution in [0, 0.1) is 6.54 Å². The number of hydrogen-bond acceptors (Lipinski definition) is 1. The highest BCUT2D eigenvalue weighted by Gasteiger charge is 2.41. The van der Waals surface area contributed by atoms with Gasteiger partial charge in [-0.25, -0.2) is 0 Å². The second-order valence-electron chi connectivity index (χ2n) is 5.57. The normalized spacial score (nSPS) is 13.9. The van der Waals surface area contributed by atoms with Crippen molar-refractivity contribution in [3.8, 4) is 0 Å². The summed E-state index contributed by atoms with van der Waals surface area (Å²) in [6, 6.07) is 1.98. The minimum atomic E-state index is -4.89. The summed E-state index contributed by atoms with van der Waals surface area (Å²) in [6.45, 7) is 7.19. The Labute approximate surface area is 119 Å². The summed E-state index contributed by atoms with van der Waals surface area (Å²) in [4.78, 5) is 1.20. The van der Waals surface area contributed by atoms with Crippen molar-refractivity contribution in [1.29, 1.82) is 0 Å². The largest absolute Gasteiger partial charge is 0.416 e. The van der Waals surface area contributed by atoms with Crippen molar-refractivity contribution in [1.82, 2.24) is 4.90 Å². The molecule has 1 aromatic carbocycles. The Morgan fingerprint density at radius 1 is 0.857 bits per heavy atom. The Morgan fingerprint density at radius 3 is 1.52 bits per heavy atom. The second-order valence-corrected chi connectivity index (χ2v) is 5.57. The zero-order chi connectivity index (χ0) is 16.6. The number of alkyl halides is 6. The first-order valence-electron chi connectivity index (χ1n) is 6.02. The first-order chi connectivity index (χ1) is 9.24. The van der Waals surface area contributed by atoms with E-state index < -0.39 is 34.6 Å². The molecule has 0 aliphatic heterocycles. The Balaban J connectivity index is 3.44. The highest BCUT2D eigenvalue weighted by atomic mass is 19.4. The molecule has 7 heteroatoms. The van der Waals surface area contributed by atoms with Crippen LogP contribution in [0.3, 0.4) is 0 Å². The molecular formula is C14H15F6N. The summed E-state index contributed by atoms with van der Waals surface area (Å²) in [6.07, 6.45) is -9.77. The minimum absolute atomic E-state index is 0.619. The maximum absolute atomic E-state index is 12.9. The quantitative estimate of drug-likeness (QED) is 0.558. The zero-order valence-corrected chi connectivity index (χ0v) is 11.9. The maximum Gasteiger partial charge on any atom is 0.416 e. The van der Waals surface area contributed by atoms with Gasteiger partial charge in [-0.15, -0.1) is 0 Å². The predicted octanol–water partition coefficient (Wildman–Crippen LogP) is 4.84. The summed E-state index contributed by atoms with van der Waals surface area (Å²) < 4.78 is 77.6. The topological polar surface area (TPSA) is 3.24 Å². The van der Waals surface area contributed by atoms with E-state index in [1.54, 1.807) is 20.8 Å². The van der Waals surface area contributed by atoms with Crippen LogP contribution in [0.15, 0.2) is 18.2 Å². The van der Waals surface area contributed by atoms with E-state index in [0.717, 1.165) is 6.07 Å². The van der Waals surface area contributed by atoms with Gasteiger partial charge < -0.3 is 0 Å². The standard InChI is InChI=1S/C14H15F6N/c1-12(2,3)21(4)8-9-10(13(15,16)17)6-5-7-11(9)14(18,19)20/h5-7H,1-4H3. The van der Waals surface area contributed by atoms with Crippen molar-refractivity contribution in [2.24, 2.45) is 0 Å². The van der Waals surface area contributed by atoms with Crippen molar-refractivity contribution >= 4 is 0 Å². The molecule has 118 valence electrons. The van der Waals surface area contributed by atoms with Gasteiger partial charge in [0, 0.05) is 11.1 Å². The van der Waals surface area contributed by atoms with Crippen LogP contribution in [0.2, 0.25) is 0 Å². The lowest BCUT2D eigenvalue weighted by Gasteiger charge is -2.32. The first kappa shape index (κ1) is 17.8. The zero-order valence-electron chi connectivity index (χ0n) is 11.9. The predicted molar refractivity (Wildman–Crippen MR) is 66.3 cm³/mol. The number of halogens is 6. The van der Waals surface area contributed by atoms with Gasteiger partial charge in [-0.05, 0) is 40.0 Å². The molecular weight excluding hydrogens is 296 g/mol. The molecule has 0 saturated carbocycles. The lowest BCUT2D eigenvalue weighted by molar-refractivity contribution is -0.144. The summed E-state index contributed by atoms with van der Waals surface area (Å²) >= 11 is 0. The molecule has 21 heavy (non-hydrogen) atoms. The fourth-order valence-electron chi connectivity index (χ4n) is 1.48. The number of hydrogen-bond donors (Lipinski definition) is 0. The smallest absolute Gasteiger partial charge is 0.288 e.